The summed E-state index contributed by atoms with van der Waals surface area (Å²) in [4.78, 5) is 0.742. The molecule has 2 rings (SSSR count). The maximum Gasteiger partial charge on any atom is 0.273 e. The third kappa shape index (κ3) is 2.65. The van der Waals surface area contributed by atoms with Crippen molar-refractivity contribution in [2.24, 2.45) is 5.14 Å². The van der Waals surface area contributed by atoms with E-state index in [1.807, 2.05) is 6.92 Å². The summed E-state index contributed by atoms with van der Waals surface area (Å²) >= 11 is 1.18. The van der Waals surface area contributed by atoms with Crippen molar-refractivity contribution in [3.8, 4) is 10.7 Å². The minimum Gasteiger partial charge on any atom is -0.296 e. The van der Waals surface area contributed by atoms with Crippen molar-refractivity contribution in [2.75, 3.05) is 0 Å². The van der Waals surface area contributed by atoms with Crippen LogP contribution in [0.15, 0.2) is 5.16 Å². The zero-order chi connectivity index (χ0) is 14.0. The van der Waals surface area contributed by atoms with Crippen LogP contribution in [0.5, 0.6) is 0 Å². The fourth-order valence-corrected chi connectivity index (χ4v) is 3.11. The molecule has 0 aliphatic heterocycles. The van der Waals surface area contributed by atoms with E-state index in [2.05, 4.69) is 19.8 Å². The lowest BCUT2D eigenvalue weighted by Gasteiger charge is -2.05. The van der Waals surface area contributed by atoms with Gasteiger partial charge in [-0.1, -0.05) is 17.8 Å². The van der Waals surface area contributed by atoms with Crippen molar-refractivity contribution >= 4 is 21.6 Å². The van der Waals surface area contributed by atoms with Crippen molar-refractivity contribution in [1.82, 2.24) is 24.4 Å². The second-order valence-corrected chi connectivity index (χ2v) is 6.10. The largest absolute Gasteiger partial charge is 0.296 e. The number of nitrogens with two attached hydrogens (primary N) is 1. The first-order valence-electron chi connectivity index (χ1n) is 5.76. The maximum atomic E-state index is 11.4. The molecule has 8 nitrogen and oxygen atoms in total. The van der Waals surface area contributed by atoms with Gasteiger partial charge in [-0.25, -0.2) is 13.6 Å². The Bertz CT molecular complexity index is 675. The summed E-state index contributed by atoms with van der Waals surface area (Å²) in [5.41, 5.74) is 0.801. The van der Waals surface area contributed by atoms with Gasteiger partial charge in [0.25, 0.3) is 15.2 Å². The second-order valence-electron chi connectivity index (χ2n) is 3.89. The summed E-state index contributed by atoms with van der Waals surface area (Å²) in [7, 11) is -3.89. The third-order valence-corrected chi connectivity index (χ3v) is 4.11. The van der Waals surface area contributed by atoms with Crippen LogP contribution in [0.1, 0.15) is 26.0 Å². The predicted molar refractivity (Wildman–Crippen MR) is 70.0 cm³/mol. The quantitative estimate of drug-likeness (QED) is 0.855. The topological polar surface area (TPSA) is 117 Å². The van der Waals surface area contributed by atoms with E-state index in [4.69, 9.17) is 5.14 Å². The van der Waals surface area contributed by atoms with Crippen LogP contribution in [-0.4, -0.2) is 32.8 Å². The van der Waals surface area contributed by atoms with Crippen LogP contribution in [0.25, 0.3) is 10.7 Å². The Morgan fingerprint density at radius 2 is 2.00 bits per heavy atom. The Hall–Kier alpha value is -1.39. The summed E-state index contributed by atoms with van der Waals surface area (Å²) in [5.74, 6) is 0.449. The Morgan fingerprint density at radius 1 is 1.26 bits per heavy atom. The van der Waals surface area contributed by atoms with E-state index < -0.39 is 10.0 Å². The van der Waals surface area contributed by atoms with Gasteiger partial charge in [0.2, 0.25) is 0 Å². The number of hydrogen-bond donors (Lipinski definition) is 1. The molecule has 0 aliphatic carbocycles. The highest BCUT2D eigenvalue weighted by Crippen LogP contribution is 2.26. The average Bonchev–Trinajstić information content (AvgIpc) is 2.93. The number of primary sulfonamides is 1. The van der Waals surface area contributed by atoms with Crippen LogP contribution in [0.4, 0.5) is 0 Å². The molecule has 0 unspecified atom stereocenters. The van der Waals surface area contributed by atoms with E-state index in [1.54, 1.807) is 6.92 Å². The molecule has 104 valence electrons. The molecule has 0 radical (unpaired) electrons. The fraction of sp³-hybridized carbons (Fsp3) is 0.556. The lowest BCUT2D eigenvalue weighted by atomic mass is 10.2. The molecule has 0 fully saturated rings. The van der Waals surface area contributed by atoms with Crippen molar-refractivity contribution in [2.45, 2.75) is 38.4 Å². The third-order valence-electron chi connectivity index (χ3n) is 2.53. The molecule has 10 heteroatoms. The zero-order valence-electron chi connectivity index (χ0n) is 10.6. The lowest BCUT2D eigenvalue weighted by molar-refractivity contribution is 0.571. The Morgan fingerprint density at radius 3 is 2.58 bits per heavy atom. The van der Waals surface area contributed by atoms with Crippen LogP contribution in [0.2, 0.25) is 0 Å². The zero-order valence-corrected chi connectivity index (χ0v) is 12.2. The molecule has 0 amide bonds. The molecule has 0 bridgehead atoms. The van der Waals surface area contributed by atoms with Gasteiger partial charge in [-0.15, -0.1) is 15.3 Å². The number of nitrogens with zero attached hydrogens (tertiary/aromatic N) is 5. The molecule has 2 aromatic heterocycles. The highest BCUT2D eigenvalue weighted by molar-refractivity contribution is 7.89. The normalized spacial score (nSPS) is 11.9. The number of rotatable bonds is 5. The van der Waals surface area contributed by atoms with E-state index in [0.717, 1.165) is 23.4 Å². The van der Waals surface area contributed by atoms with Crippen LogP contribution >= 0.6 is 11.5 Å². The first-order valence-corrected chi connectivity index (χ1v) is 8.08. The highest BCUT2D eigenvalue weighted by Gasteiger charge is 2.23. The van der Waals surface area contributed by atoms with Crippen molar-refractivity contribution in [3.63, 3.8) is 0 Å². The van der Waals surface area contributed by atoms with Crippen LogP contribution in [0, 0.1) is 0 Å². The SMILES string of the molecule is CCCc1nnsc1-c1nnc(S(N)(=O)=O)n1CC. The molecule has 0 aliphatic rings. The summed E-state index contributed by atoms with van der Waals surface area (Å²) in [5, 5.41) is 16.5. The van der Waals surface area contributed by atoms with E-state index in [1.165, 1.54) is 16.1 Å². The molecule has 2 heterocycles. The Labute approximate surface area is 114 Å². The average molecular weight is 302 g/mol. The molecule has 0 spiro atoms. The standard InChI is InChI=1S/C9H14N6O2S2/c1-3-5-6-7(18-14-11-6)8-12-13-9(15(8)4-2)19(10,16)17/h3-5H2,1-2H3,(H2,10,16,17). The lowest BCUT2D eigenvalue weighted by Crippen LogP contribution is -2.18. The van der Waals surface area contributed by atoms with E-state index in [0.29, 0.717) is 12.4 Å². The number of aryl methyl sites for hydroxylation is 1. The molecule has 19 heavy (non-hydrogen) atoms. The summed E-state index contributed by atoms with van der Waals surface area (Å²) in [6.45, 7) is 4.23. The predicted octanol–water partition coefficient (Wildman–Crippen LogP) is 0.416. The molecule has 0 aromatic carbocycles. The molecule has 0 atom stereocenters. The van der Waals surface area contributed by atoms with Gasteiger partial charge in [0.15, 0.2) is 5.82 Å². The van der Waals surface area contributed by atoms with Gasteiger partial charge in [0.05, 0.1) is 5.69 Å². The maximum absolute atomic E-state index is 11.4. The van der Waals surface area contributed by atoms with Gasteiger partial charge < -0.3 is 0 Å². The molecular formula is C9H14N6O2S2. The van der Waals surface area contributed by atoms with Crippen LogP contribution in [-0.2, 0) is 23.0 Å². The van der Waals surface area contributed by atoms with Crippen molar-refractivity contribution < 1.29 is 8.42 Å². The van der Waals surface area contributed by atoms with Crippen molar-refractivity contribution in [3.05, 3.63) is 5.69 Å². The Balaban J connectivity index is 2.57. The van der Waals surface area contributed by atoms with Gasteiger partial charge in [-0.3, -0.25) is 4.57 Å². The fourth-order valence-electron chi connectivity index (χ4n) is 1.73. The molecule has 0 saturated carbocycles. The van der Waals surface area contributed by atoms with Crippen molar-refractivity contribution in [1.29, 1.82) is 0 Å². The molecule has 2 N–H and O–H groups in total. The van der Waals surface area contributed by atoms with E-state index in [9.17, 15) is 8.42 Å². The van der Waals surface area contributed by atoms with Gasteiger partial charge in [-0.2, -0.15) is 0 Å². The summed E-state index contributed by atoms with van der Waals surface area (Å²) < 4.78 is 28.2. The van der Waals surface area contributed by atoms with Crippen LogP contribution < -0.4 is 5.14 Å². The van der Waals surface area contributed by atoms with Crippen LogP contribution in [0.3, 0.4) is 0 Å². The van der Waals surface area contributed by atoms with Gasteiger partial charge in [0.1, 0.15) is 4.88 Å². The first kappa shape index (κ1) is 14.0. The number of hydrogen-bond acceptors (Lipinski definition) is 7. The monoisotopic (exact) mass is 302 g/mol. The highest BCUT2D eigenvalue weighted by atomic mass is 32.2. The Kier molecular flexibility index (Phi) is 3.92. The molecule has 2 aromatic rings. The molecular weight excluding hydrogens is 288 g/mol. The smallest absolute Gasteiger partial charge is 0.273 e. The first-order chi connectivity index (χ1) is 8.99. The minimum absolute atomic E-state index is 0.235. The van der Waals surface area contributed by atoms with E-state index >= 15 is 0 Å². The summed E-state index contributed by atoms with van der Waals surface area (Å²) in [6.07, 6.45) is 1.67. The van der Waals surface area contributed by atoms with E-state index in [-0.39, 0.29) is 5.16 Å². The number of aromatic nitrogens is 5. The summed E-state index contributed by atoms with van der Waals surface area (Å²) in [6, 6.07) is 0. The van der Waals surface area contributed by atoms with Gasteiger partial charge in [0, 0.05) is 6.54 Å². The van der Waals surface area contributed by atoms with Gasteiger partial charge in [-0.05, 0) is 24.9 Å². The van der Waals surface area contributed by atoms with Gasteiger partial charge >= 0.3 is 0 Å². The minimum atomic E-state index is -3.89. The number of sulfonamides is 1. The second kappa shape index (κ2) is 5.31. The molecule has 0 saturated heterocycles.